The van der Waals surface area contributed by atoms with Gasteiger partial charge in [0.2, 0.25) is 0 Å². The maximum atomic E-state index is 9.48. The van der Waals surface area contributed by atoms with E-state index in [1.54, 1.807) is 0 Å². The van der Waals surface area contributed by atoms with Gasteiger partial charge >= 0.3 is 0 Å². The normalized spacial score (nSPS) is 17.0. The van der Waals surface area contributed by atoms with E-state index in [-0.39, 0.29) is 12.5 Å². The van der Waals surface area contributed by atoms with E-state index in [0.717, 1.165) is 49.9 Å². The van der Waals surface area contributed by atoms with E-state index in [1.165, 1.54) is 0 Å². The van der Waals surface area contributed by atoms with Crippen molar-refractivity contribution in [3.63, 3.8) is 0 Å². The third-order valence-corrected chi connectivity index (χ3v) is 3.09. The van der Waals surface area contributed by atoms with Crippen LogP contribution in [0.5, 0.6) is 0 Å². The molecule has 0 spiro atoms. The highest BCUT2D eigenvalue weighted by atomic mass is 16.5. The van der Waals surface area contributed by atoms with Crippen LogP contribution in [-0.2, 0) is 11.3 Å². The second-order valence-corrected chi connectivity index (χ2v) is 4.83. The lowest BCUT2D eigenvalue weighted by Crippen LogP contribution is -2.27. The molecule has 0 saturated carbocycles. The molecule has 1 fully saturated rings. The summed E-state index contributed by atoms with van der Waals surface area (Å²) in [7, 11) is 0. The van der Waals surface area contributed by atoms with Crippen LogP contribution in [0.25, 0.3) is 0 Å². The number of nitrogens with zero attached hydrogens (tertiary/aromatic N) is 3. The van der Waals surface area contributed by atoms with E-state index in [4.69, 9.17) is 4.74 Å². The predicted octanol–water partition coefficient (Wildman–Crippen LogP) is 1.32. The molecule has 1 aliphatic rings. The van der Waals surface area contributed by atoms with Crippen LogP contribution in [0.2, 0.25) is 0 Å². The van der Waals surface area contributed by atoms with Crippen molar-refractivity contribution in [3.05, 3.63) is 17.7 Å². The van der Waals surface area contributed by atoms with Crippen molar-refractivity contribution < 1.29 is 9.84 Å². The monoisotopic (exact) mass is 251 g/mol. The minimum atomic E-state index is -0.0467. The van der Waals surface area contributed by atoms with Crippen LogP contribution in [0, 0.1) is 0 Å². The molecule has 18 heavy (non-hydrogen) atoms. The Morgan fingerprint density at radius 2 is 2.22 bits per heavy atom. The highest BCUT2D eigenvalue weighted by Crippen LogP contribution is 2.21. The fourth-order valence-corrected chi connectivity index (χ4v) is 2.07. The number of hydrogen-bond acceptors (Lipinski definition) is 5. The molecule has 5 nitrogen and oxygen atoms in total. The molecular formula is C13H21N3O2. The van der Waals surface area contributed by atoms with Crippen molar-refractivity contribution in [1.29, 1.82) is 0 Å². The van der Waals surface area contributed by atoms with Gasteiger partial charge in [-0.15, -0.1) is 0 Å². The molecular weight excluding hydrogens is 230 g/mol. The van der Waals surface area contributed by atoms with Gasteiger partial charge in [-0.3, -0.25) is 0 Å². The zero-order valence-electron chi connectivity index (χ0n) is 11.1. The maximum Gasteiger partial charge on any atom is 0.131 e. The van der Waals surface area contributed by atoms with Gasteiger partial charge in [-0.1, -0.05) is 13.8 Å². The summed E-state index contributed by atoms with van der Waals surface area (Å²) in [5, 5.41) is 9.48. The van der Waals surface area contributed by atoms with Gasteiger partial charge in [-0.25, -0.2) is 9.97 Å². The average Bonchev–Trinajstić information content (AvgIpc) is 2.66. The molecule has 0 bridgehead atoms. The van der Waals surface area contributed by atoms with Gasteiger partial charge < -0.3 is 14.7 Å². The smallest absolute Gasteiger partial charge is 0.131 e. The van der Waals surface area contributed by atoms with Gasteiger partial charge in [0.05, 0.1) is 30.8 Å². The van der Waals surface area contributed by atoms with Crippen LogP contribution in [-0.4, -0.2) is 41.4 Å². The molecule has 0 aromatic carbocycles. The molecule has 0 amide bonds. The zero-order chi connectivity index (χ0) is 13.0. The molecule has 1 N–H and O–H groups in total. The molecule has 0 aliphatic carbocycles. The summed E-state index contributed by atoms with van der Waals surface area (Å²) in [5.41, 5.74) is 1.66. The fraction of sp³-hybridized carbons (Fsp3) is 0.692. The van der Waals surface area contributed by atoms with E-state index < -0.39 is 0 Å². The number of ether oxygens (including phenoxy) is 1. The Morgan fingerprint density at radius 1 is 1.39 bits per heavy atom. The van der Waals surface area contributed by atoms with Crippen molar-refractivity contribution in [2.75, 3.05) is 31.2 Å². The molecule has 1 aromatic rings. The second kappa shape index (κ2) is 6.11. The average molecular weight is 251 g/mol. The summed E-state index contributed by atoms with van der Waals surface area (Å²) in [5.74, 6) is 1.06. The highest BCUT2D eigenvalue weighted by molar-refractivity contribution is 5.49. The van der Waals surface area contributed by atoms with Crippen molar-refractivity contribution >= 4 is 5.69 Å². The van der Waals surface area contributed by atoms with Gasteiger partial charge in [-0.2, -0.15) is 0 Å². The highest BCUT2D eigenvalue weighted by Gasteiger charge is 2.16. The summed E-state index contributed by atoms with van der Waals surface area (Å²) in [4.78, 5) is 11.0. The Balaban J connectivity index is 2.25. The van der Waals surface area contributed by atoms with E-state index in [9.17, 15) is 5.11 Å². The molecule has 1 saturated heterocycles. The van der Waals surface area contributed by atoms with E-state index in [2.05, 4.69) is 28.7 Å². The van der Waals surface area contributed by atoms with Crippen LogP contribution in [0.3, 0.4) is 0 Å². The molecule has 1 aromatic heterocycles. The first kappa shape index (κ1) is 13.2. The summed E-state index contributed by atoms with van der Waals surface area (Å²) in [6, 6.07) is 0. The summed E-state index contributed by atoms with van der Waals surface area (Å²) < 4.78 is 5.44. The fourth-order valence-electron chi connectivity index (χ4n) is 2.07. The standard InChI is InChI=1S/C13H21N3O2/c1-10(2)13-14-8-12(11(9-17)15-13)16-4-3-6-18-7-5-16/h8,10,17H,3-7,9H2,1-2H3. The van der Waals surface area contributed by atoms with Gasteiger partial charge in [0.1, 0.15) is 5.82 Å². The Morgan fingerprint density at radius 3 is 2.94 bits per heavy atom. The van der Waals surface area contributed by atoms with E-state index >= 15 is 0 Å². The van der Waals surface area contributed by atoms with Crippen molar-refractivity contribution in [1.82, 2.24) is 9.97 Å². The Hall–Kier alpha value is -1.20. The quantitative estimate of drug-likeness (QED) is 0.878. The largest absolute Gasteiger partial charge is 0.390 e. The molecule has 1 aliphatic heterocycles. The maximum absolute atomic E-state index is 9.48. The first-order valence-electron chi connectivity index (χ1n) is 6.51. The van der Waals surface area contributed by atoms with Gasteiger partial charge in [-0.05, 0) is 6.42 Å². The number of aliphatic hydroxyl groups is 1. The number of hydrogen-bond donors (Lipinski definition) is 1. The number of rotatable bonds is 3. The van der Waals surface area contributed by atoms with Crippen molar-refractivity contribution in [2.24, 2.45) is 0 Å². The third kappa shape index (κ3) is 2.97. The number of aliphatic hydroxyl groups excluding tert-OH is 1. The predicted molar refractivity (Wildman–Crippen MR) is 69.7 cm³/mol. The SMILES string of the molecule is CC(C)c1ncc(N2CCCOCC2)c(CO)n1. The zero-order valence-corrected chi connectivity index (χ0v) is 11.1. The van der Waals surface area contributed by atoms with E-state index in [0.29, 0.717) is 0 Å². The Kier molecular flexibility index (Phi) is 4.49. The minimum absolute atomic E-state index is 0.0467. The topological polar surface area (TPSA) is 58.5 Å². The van der Waals surface area contributed by atoms with Crippen LogP contribution in [0.4, 0.5) is 5.69 Å². The molecule has 100 valence electrons. The van der Waals surface area contributed by atoms with Gasteiger partial charge in [0, 0.05) is 25.6 Å². The molecule has 2 rings (SSSR count). The van der Waals surface area contributed by atoms with Crippen LogP contribution in [0.15, 0.2) is 6.20 Å². The lowest BCUT2D eigenvalue weighted by atomic mass is 10.2. The van der Waals surface area contributed by atoms with Gasteiger partial charge in [0.15, 0.2) is 0 Å². The lowest BCUT2D eigenvalue weighted by Gasteiger charge is -2.23. The van der Waals surface area contributed by atoms with Crippen molar-refractivity contribution in [2.45, 2.75) is 32.8 Å². The molecule has 2 heterocycles. The minimum Gasteiger partial charge on any atom is -0.390 e. The second-order valence-electron chi connectivity index (χ2n) is 4.83. The molecule has 5 heteroatoms. The summed E-state index contributed by atoms with van der Waals surface area (Å²) in [6.07, 6.45) is 2.83. The third-order valence-electron chi connectivity index (χ3n) is 3.09. The summed E-state index contributed by atoms with van der Waals surface area (Å²) in [6.45, 7) is 7.34. The van der Waals surface area contributed by atoms with Gasteiger partial charge in [0.25, 0.3) is 0 Å². The van der Waals surface area contributed by atoms with E-state index in [1.807, 2.05) is 6.20 Å². The molecule has 0 radical (unpaired) electrons. The summed E-state index contributed by atoms with van der Waals surface area (Å²) >= 11 is 0. The number of anilines is 1. The van der Waals surface area contributed by atoms with Crippen LogP contribution in [0.1, 0.15) is 37.7 Å². The molecule has 0 unspecified atom stereocenters. The first-order chi connectivity index (χ1) is 8.72. The van der Waals surface area contributed by atoms with Crippen LogP contribution < -0.4 is 4.90 Å². The lowest BCUT2D eigenvalue weighted by molar-refractivity contribution is 0.152. The Bertz CT molecular complexity index is 388. The molecule has 0 atom stereocenters. The first-order valence-corrected chi connectivity index (χ1v) is 6.51. The van der Waals surface area contributed by atoms with Crippen molar-refractivity contribution in [3.8, 4) is 0 Å². The number of aromatic nitrogens is 2. The Labute approximate surface area is 108 Å². The van der Waals surface area contributed by atoms with Crippen LogP contribution >= 0.6 is 0 Å².